The normalized spacial score (nSPS) is 14.3. The number of carbonyl (C=O) groups excluding carboxylic acids is 2. The summed E-state index contributed by atoms with van der Waals surface area (Å²) in [6.07, 6.45) is 0. The van der Waals surface area contributed by atoms with Gasteiger partial charge in [-0.1, -0.05) is 23.7 Å². The molecule has 168 valence electrons. The Labute approximate surface area is 208 Å². The predicted octanol–water partition coefficient (Wildman–Crippen LogP) is 2.37. The number of piperazine rings is 1. The lowest BCUT2D eigenvalue weighted by Crippen LogP contribution is -2.55. The van der Waals surface area contributed by atoms with Gasteiger partial charge in [-0.2, -0.15) is 0 Å². The van der Waals surface area contributed by atoms with Crippen LogP contribution in [0.15, 0.2) is 34.8 Å². The smallest absolute Gasteiger partial charge is 0.263 e. The van der Waals surface area contributed by atoms with Crippen molar-refractivity contribution in [1.29, 1.82) is 0 Å². The fourth-order valence-electron chi connectivity index (χ4n) is 3.15. The summed E-state index contributed by atoms with van der Waals surface area (Å²) in [5, 5.41) is 6.76. The first kappa shape index (κ1) is 25.3. The number of aryl methyl sites for hydroxylation is 1. The number of hydrogen-bond acceptors (Lipinski definition) is 5. The number of rotatable bonds is 6. The zero-order chi connectivity index (χ0) is 21.5. The van der Waals surface area contributed by atoms with Crippen LogP contribution in [0.4, 0.5) is 0 Å². The summed E-state index contributed by atoms with van der Waals surface area (Å²) in [6, 6.07) is 7.53. The lowest BCUT2D eigenvalue weighted by Gasteiger charge is -2.36. The van der Waals surface area contributed by atoms with Crippen molar-refractivity contribution < 1.29 is 9.59 Å². The van der Waals surface area contributed by atoms with Crippen molar-refractivity contribution in [3.05, 3.63) is 50.9 Å². The molecule has 1 saturated heterocycles. The van der Waals surface area contributed by atoms with Crippen LogP contribution in [0, 0.1) is 6.92 Å². The Morgan fingerprint density at radius 1 is 1.23 bits per heavy atom. The van der Waals surface area contributed by atoms with Crippen molar-refractivity contribution in [1.82, 2.24) is 25.4 Å². The number of nitrogens with one attached hydrogen (secondary N) is 2. The van der Waals surface area contributed by atoms with E-state index in [0.717, 1.165) is 11.3 Å². The van der Waals surface area contributed by atoms with E-state index in [-0.39, 0.29) is 42.3 Å². The number of nitrogens with zero attached hydrogens (tertiary/aromatic N) is 4. The average Bonchev–Trinajstić information content (AvgIpc) is 3.17. The molecule has 0 spiro atoms. The second-order valence-corrected chi connectivity index (χ2v) is 8.15. The van der Waals surface area contributed by atoms with Crippen molar-refractivity contribution in [2.75, 3.05) is 39.8 Å². The molecule has 2 aromatic rings. The highest BCUT2D eigenvalue weighted by Gasteiger charge is 2.25. The number of guanidine groups is 1. The molecule has 2 amide bonds. The Balaban J connectivity index is 0.00000341. The summed E-state index contributed by atoms with van der Waals surface area (Å²) in [5.74, 6) is 0.573. The summed E-state index contributed by atoms with van der Waals surface area (Å²) in [7, 11) is 1.69. The minimum Gasteiger partial charge on any atom is -0.354 e. The monoisotopic (exact) mass is 576 g/mol. The second-order valence-electron chi connectivity index (χ2n) is 6.86. The van der Waals surface area contributed by atoms with Gasteiger partial charge < -0.3 is 20.4 Å². The van der Waals surface area contributed by atoms with Gasteiger partial charge in [0.05, 0.1) is 17.7 Å². The van der Waals surface area contributed by atoms with E-state index in [1.165, 1.54) is 11.3 Å². The van der Waals surface area contributed by atoms with Crippen LogP contribution < -0.4 is 10.6 Å². The minimum atomic E-state index is -0.127. The molecule has 1 fully saturated rings. The van der Waals surface area contributed by atoms with Crippen molar-refractivity contribution in [3.63, 3.8) is 0 Å². The van der Waals surface area contributed by atoms with Gasteiger partial charge in [-0.05, 0) is 24.6 Å². The summed E-state index contributed by atoms with van der Waals surface area (Å²) < 4.78 is 0. The summed E-state index contributed by atoms with van der Waals surface area (Å²) >= 11 is 7.25. The van der Waals surface area contributed by atoms with E-state index in [9.17, 15) is 9.59 Å². The third-order valence-corrected chi connectivity index (χ3v) is 5.94. The summed E-state index contributed by atoms with van der Waals surface area (Å²) in [5.41, 5.74) is 3.44. The maximum absolute atomic E-state index is 12.6. The lowest BCUT2D eigenvalue weighted by atomic mass is 10.2. The molecule has 1 aromatic heterocycles. The van der Waals surface area contributed by atoms with Crippen LogP contribution in [-0.4, -0.2) is 72.3 Å². The Hall–Kier alpha value is -1.92. The molecule has 0 bridgehead atoms. The number of thiazole rings is 1. The first-order chi connectivity index (χ1) is 14.5. The number of carbonyl (C=O) groups is 2. The van der Waals surface area contributed by atoms with Crippen molar-refractivity contribution in [3.8, 4) is 0 Å². The van der Waals surface area contributed by atoms with Crippen LogP contribution in [0.5, 0.6) is 0 Å². The topological polar surface area (TPSA) is 89.9 Å². The predicted molar refractivity (Wildman–Crippen MR) is 134 cm³/mol. The van der Waals surface area contributed by atoms with E-state index in [4.69, 9.17) is 11.6 Å². The SMILES string of the molecule is CN=C(NCCNC(=O)c1scnc1C)N1CCN(Cc2ccc(Cl)cc2)C(=O)C1.I. The molecule has 2 N–H and O–H groups in total. The third kappa shape index (κ3) is 7.04. The molecule has 0 unspecified atom stereocenters. The van der Waals surface area contributed by atoms with Crippen LogP contribution >= 0.6 is 46.9 Å². The molecular weight excluding hydrogens is 551 g/mol. The fourth-order valence-corrected chi connectivity index (χ4v) is 3.99. The standard InChI is InChI=1S/C20H25ClN6O2S.HI/c1-14-18(30-13-25-14)19(29)23-7-8-24-20(22-2)27-10-9-26(17(28)12-27)11-15-3-5-16(21)6-4-15;/h3-6,13H,7-12H2,1-2H3,(H,22,24)(H,23,29);1H. The van der Waals surface area contributed by atoms with E-state index >= 15 is 0 Å². The van der Waals surface area contributed by atoms with Crippen LogP contribution in [0.1, 0.15) is 20.9 Å². The van der Waals surface area contributed by atoms with Gasteiger partial charge >= 0.3 is 0 Å². The van der Waals surface area contributed by atoms with E-state index in [0.29, 0.717) is 48.6 Å². The molecule has 8 nitrogen and oxygen atoms in total. The quantitative estimate of drug-likeness (QED) is 0.239. The van der Waals surface area contributed by atoms with Gasteiger partial charge in [-0.3, -0.25) is 14.6 Å². The Morgan fingerprint density at radius 3 is 2.55 bits per heavy atom. The van der Waals surface area contributed by atoms with E-state index in [1.807, 2.05) is 41.0 Å². The zero-order valence-electron chi connectivity index (χ0n) is 17.4. The molecule has 11 heteroatoms. The largest absolute Gasteiger partial charge is 0.354 e. The van der Waals surface area contributed by atoms with Crippen LogP contribution in [0.2, 0.25) is 5.02 Å². The molecule has 3 rings (SSSR count). The van der Waals surface area contributed by atoms with Gasteiger partial charge in [0.15, 0.2) is 5.96 Å². The molecule has 0 aliphatic carbocycles. The molecule has 1 aromatic carbocycles. The van der Waals surface area contributed by atoms with Crippen molar-refractivity contribution >= 4 is 64.7 Å². The van der Waals surface area contributed by atoms with Gasteiger partial charge in [0.2, 0.25) is 5.91 Å². The first-order valence-electron chi connectivity index (χ1n) is 9.64. The summed E-state index contributed by atoms with van der Waals surface area (Å²) in [6.45, 7) is 4.90. The highest BCUT2D eigenvalue weighted by Crippen LogP contribution is 2.14. The van der Waals surface area contributed by atoms with Gasteiger partial charge in [0, 0.05) is 44.8 Å². The lowest BCUT2D eigenvalue weighted by molar-refractivity contribution is -0.135. The van der Waals surface area contributed by atoms with Crippen LogP contribution in [0.3, 0.4) is 0 Å². The molecule has 0 radical (unpaired) electrons. The third-order valence-electron chi connectivity index (χ3n) is 4.76. The number of halogens is 2. The minimum absolute atomic E-state index is 0. The van der Waals surface area contributed by atoms with Gasteiger partial charge in [-0.25, -0.2) is 4.98 Å². The molecular formula is C20H26ClIN6O2S. The first-order valence-corrected chi connectivity index (χ1v) is 10.9. The highest BCUT2D eigenvalue weighted by atomic mass is 127. The Kier molecular flexibility index (Phi) is 9.97. The van der Waals surface area contributed by atoms with Gasteiger partial charge in [0.25, 0.3) is 5.91 Å². The fraction of sp³-hybridized carbons (Fsp3) is 0.400. The number of aliphatic imine (C=N–C) groups is 1. The Morgan fingerprint density at radius 2 is 1.94 bits per heavy atom. The maximum Gasteiger partial charge on any atom is 0.263 e. The Bertz CT molecular complexity index is 921. The summed E-state index contributed by atoms with van der Waals surface area (Å²) in [4.78, 5) is 37.5. The molecule has 2 heterocycles. The zero-order valence-corrected chi connectivity index (χ0v) is 21.3. The van der Waals surface area contributed by atoms with E-state index in [2.05, 4.69) is 20.6 Å². The maximum atomic E-state index is 12.6. The molecule has 1 aliphatic rings. The number of amides is 2. The molecule has 31 heavy (non-hydrogen) atoms. The van der Waals surface area contributed by atoms with Crippen LogP contribution in [-0.2, 0) is 11.3 Å². The number of aromatic nitrogens is 1. The van der Waals surface area contributed by atoms with Crippen molar-refractivity contribution in [2.24, 2.45) is 4.99 Å². The van der Waals surface area contributed by atoms with Crippen molar-refractivity contribution in [2.45, 2.75) is 13.5 Å². The molecule has 0 atom stereocenters. The average molecular weight is 577 g/mol. The van der Waals surface area contributed by atoms with E-state index in [1.54, 1.807) is 12.6 Å². The number of benzene rings is 1. The number of hydrogen-bond donors (Lipinski definition) is 2. The second kappa shape index (κ2) is 12.2. The highest BCUT2D eigenvalue weighted by molar-refractivity contribution is 14.0. The van der Waals surface area contributed by atoms with E-state index < -0.39 is 0 Å². The molecule has 1 aliphatic heterocycles. The van der Waals surface area contributed by atoms with Crippen LogP contribution in [0.25, 0.3) is 0 Å². The molecule has 0 saturated carbocycles. The van der Waals surface area contributed by atoms with Gasteiger partial charge in [0.1, 0.15) is 4.88 Å². The van der Waals surface area contributed by atoms with Gasteiger partial charge in [-0.15, -0.1) is 35.3 Å².